The Morgan fingerprint density at radius 3 is 2.52 bits per heavy atom. The minimum atomic E-state index is -0.448. The highest BCUT2D eigenvalue weighted by Gasteiger charge is 2.10. The molecule has 9 nitrogen and oxygen atoms in total. The number of hydrogen-bond acceptors (Lipinski definition) is 6. The van der Waals surface area contributed by atoms with Gasteiger partial charge in [-0.15, -0.1) is 0 Å². The summed E-state index contributed by atoms with van der Waals surface area (Å²) in [6, 6.07) is 2.64. The number of aryl methyl sites for hydroxylation is 2. The lowest BCUT2D eigenvalue weighted by atomic mass is 10.3. The molecule has 0 radical (unpaired) electrons. The van der Waals surface area contributed by atoms with E-state index in [9.17, 15) is 9.59 Å². The number of nitrogens with one attached hydrogen (secondary N) is 1. The predicted octanol–water partition coefficient (Wildman–Crippen LogP) is 0.317. The summed E-state index contributed by atoms with van der Waals surface area (Å²) in [6.07, 6.45) is 6.38. The first-order valence-corrected chi connectivity index (χ1v) is 6.72. The molecule has 3 heterocycles. The predicted molar refractivity (Wildman–Crippen MR) is 81.3 cm³/mol. The Kier molecular flexibility index (Phi) is 3.67. The van der Waals surface area contributed by atoms with Gasteiger partial charge in [-0.3, -0.25) is 14.2 Å². The van der Waals surface area contributed by atoms with Crippen LogP contribution in [-0.4, -0.2) is 35.2 Å². The van der Waals surface area contributed by atoms with Crippen LogP contribution in [0.2, 0.25) is 0 Å². The van der Waals surface area contributed by atoms with E-state index in [2.05, 4.69) is 25.4 Å². The fourth-order valence-electron chi connectivity index (χ4n) is 1.92. The molecule has 0 spiro atoms. The van der Waals surface area contributed by atoms with Gasteiger partial charge in [-0.2, -0.15) is 5.10 Å². The molecule has 0 aliphatic heterocycles. The Bertz CT molecular complexity index is 911. The van der Waals surface area contributed by atoms with E-state index >= 15 is 0 Å². The van der Waals surface area contributed by atoms with E-state index in [1.165, 1.54) is 31.6 Å². The highest BCUT2D eigenvalue weighted by Crippen LogP contribution is 2.09. The molecule has 0 aliphatic carbocycles. The third-order valence-electron chi connectivity index (χ3n) is 3.13. The van der Waals surface area contributed by atoms with Gasteiger partial charge in [0.15, 0.2) is 0 Å². The van der Waals surface area contributed by atoms with Gasteiger partial charge in [0.1, 0.15) is 11.5 Å². The smallest absolute Gasteiger partial charge is 0.276 e. The first-order valence-electron chi connectivity index (χ1n) is 6.72. The topological polar surface area (TPSA) is 108 Å². The monoisotopic (exact) mass is 311 g/mol. The molecule has 3 aromatic heterocycles. The fourth-order valence-corrected chi connectivity index (χ4v) is 1.92. The van der Waals surface area contributed by atoms with Crippen LogP contribution in [0.15, 0.2) is 41.7 Å². The van der Waals surface area contributed by atoms with Crippen LogP contribution < -0.4 is 10.9 Å². The number of carbonyl (C=O) groups excluding carboxylic acids is 1. The van der Waals surface area contributed by atoms with Gasteiger partial charge in [0.05, 0.1) is 18.1 Å². The second-order valence-electron chi connectivity index (χ2n) is 4.75. The number of nitrogens with zero attached hydrogens (tertiary/aromatic N) is 6. The van der Waals surface area contributed by atoms with Crippen LogP contribution >= 0.6 is 0 Å². The third-order valence-corrected chi connectivity index (χ3v) is 3.13. The summed E-state index contributed by atoms with van der Waals surface area (Å²) in [5.41, 5.74) is 0.263. The minimum Gasteiger partial charge on any atom is -0.318 e. The van der Waals surface area contributed by atoms with E-state index in [-0.39, 0.29) is 11.3 Å². The molecule has 1 N–H and O–H groups in total. The first kappa shape index (κ1) is 14.6. The van der Waals surface area contributed by atoms with E-state index in [4.69, 9.17) is 0 Å². The highest BCUT2D eigenvalue weighted by molar-refractivity contribution is 6.02. The van der Waals surface area contributed by atoms with Crippen LogP contribution in [0.4, 0.5) is 5.69 Å². The summed E-state index contributed by atoms with van der Waals surface area (Å²) in [7, 11) is 1.48. The second-order valence-corrected chi connectivity index (χ2v) is 4.75. The number of aromatic nitrogens is 6. The van der Waals surface area contributed by atoms with Crippen LogP contribution in [0.5, 0.6) is 0 Å². The zero-order valence-corrected chi connectivity index (χ0v) is 12.5. The van der Waals surface area contributed by atoms with Gasteiger partial charge in [-0.05, 0) is 13.0 Å². The zero-order valence-electron chi connectivity index (χ0n) is 12.5. The fraction of sp³-hybridized carbons (Fsp3) is 0.143. The molecule has 23 heavy (non-hydrogen) atoms. The van der Waals surface area contributed by atoms with Crippen LogP contribution in [0.1, 0.15) is 16.3 Å². The van der Waals surface area contributed by atoms with Gasteiger partial charge >= 0.3 is 0 Å². The van der Waals surface area contributed by atoms with Crippen molar-refractivity contribution in [3.63, 3.8) is 0 Å². The molecular weight excluding hydrogens is 298 g/mol. The van der Waals surface area contributed by atoms with Crippen LogP contribution in [0.25, 0.3) is 5.95 Å². The summed E-state index contributed by atoms with van der Waals surface area (Å²) in [6.45, 7) is 1.84. The van der Waals surface area contributed by atoms with Gasteiger partial charge < -0.3 is 5.32 Å². The van der Waals surface area contributed by atoms with Gasteiger partial charge in [0.25, 0.3) is 11.5 Å². The van der Waals surface area contributed by atoms with Crippen molar-refractivity contribution in [3.05, 3.63) is 58.8 Å². The molecule has 1 amide bonds. The van der Waals surface area contributed by atoms with Crippen molar-refractivity contribution in [1.29, 1.82) is 0 Å². The summed E-state index contributed by atoms with van der Waals surface area (Å²) in [5, 5.41) is 6.50. The lowest BCUT2D eigenvalue weighted by molar-refractivity contribution is 0.102. The normalized spacial score (nSPS) is 10.5. The van der Waals surface area contributed by atoms with Crippen molar-refractivity contribution in [2.45, 2.75) is 6.92 Å². The molecule has 0 fully saturated rings. The molecule has 0 bridgehead atoms. The Labute approximate surface area is 130 Å². The molecule has 0 unspecified atom stereocenters. The van der Waals surface area contributed by atoms with Crippen molar-refractivity contribution >= 4 is 11.6 Å². The molecular formula is C14H13N7O2. The van der Waals surface area contributed by atoms with E-state index in [1.54, 1.807) is 17.0 Å². The highest BCUT2D eigenvalue weighted by atomic mass is 16.2. The first-order chi connectivity index (χ1) is 11.0. The van der Waals surface area contributed by atoms with E-state index < -0.39 is 5.91 Å². The Balaban J connectivity index is 1.78. The number of rotatable bonds is 3. The molecule has 3 aromatic rings. The van der Waals surface area contributed by atoms with E-state index in [0.717, 1.165) is 10.5 Å². The molecule has 0 aromatic carbocycles. The van der Waals surface area contributed by atoms with Crippen LogP contribution in [0.3, 0.4) is 0 Å². The summed E-state index contributed by atoms with van der Waals surface area (Å²) < 4.78 is 2.82. The number of imidazole rings is 1. The Morgan fingerprint density at radius 2 is 1.91 bits per heavy atom. The lowest BCUT2D eigenvalue weighted by Crippen LogP contribution is -2.23. The minimum absolute atomic E-state index is 0.127. The second kappa shape index (κ2) is 5.79. The van der Waals surface area contributed by atoms with Gasteiger partial charge in [-0.1, -0.05) is 0 Å². The molecule has 0 saturated heterocycles. The SMILES string of the molecule is Cc1nccn1-c1ncc(NC(=O)c2ccc(=O)n(C)n2)cn1. The van der Waals surface area contributed by atoms with Gasteiger partial charge in [0, 0.05) is 25.5 Å². The van der Waals surface area contributed by atoms with Crippen molar-refractivity contribution in [1.82, 2.24) is 29.3 Å². The largest absolute Gasteiger partial charge is 0.318 e. The Hall–Kier alpha value is -3.36. The maximum atomic E-state index is 12.1. The summed E-state index contributed by atoms with van der Waals surface area (Å²) in [5.74, 6) is 0.769. The van der Waals surface area contributed by atoms with Crippen LogP contribution in [0, 0.1) is 6.92 Å². The molecule has 116 valence electrons. The van der Waals surface area contributed by atoms with Crippen molar-refractivity contribution in [2.24, 2.45) is 7.05 Å². The van der Waals surface area contributed by atoms with Gasteiger partial charge in [-0.25, -0.2) is 19.6 Å². The summed E-state index contributed by atoms with van der Waals surface area (Å²) >= 11 is 0. The average molecular weight is 311 g/mol. The molecule has 0 saturated carbocycles. The number of amides is 1. The number of anilines is 1. The zero-order chi connectivity index (χ0) is 16.4. The van der Waals surface area contributed by atoms with E-state index in [0.29, 0.717) is 11.6 Å². The van der Waals surface area contributed by atoms with Crippen molar-refractivity contribution in [2.75, 3.05) is 5.32 Å². The van der Waals surface area contributed by atoms with Crippen LogP contribution in [-0.2, 0) is 7.05 Å². The number of carbonyl (C=O) groups is 1. The standard InChI is InChI=1S/C14H13N7O2/c1-9-15-5-6-21(9)14-16-7-10(8-17-14)18-13(23)11-3-4-12(22)20(2)19-11/h3-8H,1-2H3,(H,18,23). The quantitative estimate of drug-likeness (QED) is 0.746. The number of hydrogen-bond donors (Lipinski definition) is 1. The third kappa shape index (κ3) is 2.98. The Morgan fingerprint density at radius 1 is 1.17 bits per heavy atom. The maximum Gasteiger partial charge on any atom is 0.276 e. The maximum absolute atomic E-state index is 12.1. The average Bonchev–Trinajstić information content (AvgIpc) is 2.97. The molecule has 0 atom stereocenters. The van der Waals surface area contributed by atoms with Gasteiger partial charge in [0.2, 0.25) is 5.95 Å². The van der Waals surface area contributed by atoms with E-state index in [1.807, 2.05) is 6.92 Å². The summed E-state index contributed by atoms with van der Waals surface area (Å²) in [4.78, 5) is 35.8. The van der Waals surface area contributed by atoms with Crippen molar-refractivity contribution in [3.8, 4) is 5.95 Å². The lowest BCUT2D eigenvalue weighted by Gasteiger charge is -2.06. The molecule has 9 heteroatoms. The molecule has 3 rings (SSSR count). The molecule has 0 aliphatic rings. The van der Waals surface area contributed by atoms with Crippen molar-refractivity contribution < 1.29 is 4.79 Å².